The normalized spacial score (nSPS) is 7.20. The zero-order valence-corrected chi connectivity index (χ0v) is 6.98. The first kappa shape index (κ1) is 9.03. The molecule has 0 spiro atoms. The highest BCUT2D eigenvalue weighted by molar-refractivity contribution is 6.92. The van der Waals surface area contributed by atoms with Gasteiger partial charge < -0.3 is 5.53 Å². The van der Waals surface area contributed by atoms with E-state index < -0.39 is 0 Å². The van der Waals surface area contributed by atoms with Crippen LogP contribution < -0.4 is 0 Å². The van der Waals surface area contributed by atoms with E-state index in [2.05, 4.69) is 4.79 Å². The Kier molecular flexibility index (Phi) is 4.39. The molecule has 0 fully saturated rings. The van der Waals surface area contributed by atoms with Crippen molar-refractivity contribution >= 4 is 16.1 Å². The molecule has 0 saturated heterocycles. The summed E-state index contributed by atoms with van der Waals surface area (Å²) in [5.41, 5.74) is 8.99. The number of rotatable bonds is 1. The predicted octanol–water partition coefficient (Wildman–Crippen LogP) is 1.39. The maximum atomic E-state index is 8.09. The molecule has 1 unspecified atom stereocenters. The lowest BCUT2D eigenvalue weighted by Crippen LogP contribution is -1.77. The Labute approximate surface area is 63.1 Å². The quantitative estimate of drug-likeness (QED) is 0.252. The van der Waals surface area contributed by atoms with Crippen LogP contribution in [0.4, 0.5) is 0 Å². The summed E-state index contributed by atoms with van der Waals surface area (Å²) in [7, 11) is 0. The highest BCUT2D eigenvalue weighted by Crippen LogP contribution is 1.91. The molecule has 0 bridgehead atoms. The maximum absolute atomic E-state index is 8.09. The second-order valence-electron chi connectivity index (χ2n) is 1.66. The first-order valence-electron chi connectivity index (χ1n) is 2.66. The lowest BCUT2D eigenvalue weighted by atomic mass is 10.2. The van der Waals surface area contributed by atoms with E-state index in [0.717, 1.165) is 5.56 Å². The second kappa shape index (κ2) is 4.87. The molecule has 0 aliphatic heterocycles. The van der Waals surface area contributed by atoms with E-state index in [1.807, 2.05) is 30.3 Å². The third-order valence-electron chi connectivity index (χ3n) is 1.01. The topological polar surface area (TPSA) is 36.4 Å². The molecule has 1 atom stereocenters. The van der Waals surface area contributed by atoms with E-state index in [-0.39, 0.29) is 9.90 Å². The van der Waals surface area contributed by atoms with Gasteiger partial charge in [-0.2, -0.15) is 14.7 Å². The predicted molar refractivity (Wildman–Crippen MR) is 46.3 cm³/mol. The van der Waals surface area contributed by atoms with Gasteiger partial charge in [-0.25, -0.2) is 0 Å². The third kappa shape index (κ3) is 2.54. The molecule has 2 nitrogen and oxygen atoms in total. The zero-order valence-electron chi connectivity index (χ0n) is 5.57. The molecule has 1 aromatic rings. The van der Waals surface area contributed by atoms with Crippen molar-refractivity contribution in [2.75, 3.05) is 0 Å². The van der Waals surface area contributed by atoms with E-state index in [4.69, 9.17) is 5.53 Å². The molecule has 0 aromatic heterocycles. The standard InChI is InChI=1S/C7H6N2.H3P/c8-9-6-7-4-2-1-3-5-7;/h1-6H;1H3. The van der Waals surface area contributed by atoms with Crippen LogP contribution in [0.15, 0.2) is 30.3 Å². The minimum absolute atomic E-state index is 0. The zero-order chi connectivity index (χ0) is 6.53. The number of hydrogen-bond acceptors (Lipinski definition) is 0. The summed E-state index contributed by atoms with van der Waals surface area (Å²) in [5.74, 6) is 0. The van der Waals surface area contributed by atoms with Gasteiger partial charge in [-0.05, 0) is 12.1 Å². The summed E-state index contributed by atoms with van der Waals surface area (Å²) in [6.07, 6.45) is 1.39. The molecule has 52 valence electrons. The fourth-order valence-corrected chi connectivity index (χ4v) is 0.606. The van der Waals surface area contributed by atoms with E-state index in [1.54, 1.807) is 0 Å². The van der Waals surface area contributed by atoms with Crippen molar-refractivity contribution in [1.29, 1.82) is 0 Å². The van der Waals surface area contributed by atoms with Gasteiger partial charge in [-0.3, -0.25) is 0 Å². The van der Waals surface area contributed by atoms with Crippen LogP contribution >= 0.6 is 9.90 Å². The molecular formula is C7H9N2P. The maximum Gasteiger partial charge on any atom is 0.287 e. The number of hydrogen-bond donors (Lipinski definition) is 0. The Balaban J connectivity index is 0.000000810. The first-order valence-corrected chi connectivity index (χ1v) is 2.66. The van der Waals surface area contributed by atoms with Crippen LogP contribution in [0, 0.1) is 0 Å². The Hall–Kier alpha value is -0.970. The summed E-state index contributed by atoms with van der Waals surface area (Å²) in [6, 6.07) is 9.40. The number of nitrogens with zero attached hydrogens (tertiary/aromatic N) is 2. The van der Waals surface area contributed by atoms with Crippen molar-refractivity contribution in [2.45, 2.75) is 0 Å². The van der Waals surface area contributed by atoms with Crippen molar-refractivity contribution < 1.29 is 4.79 Å². The lowest BCUT2D eigenvalue weighted by Gasteiger charge is -1.79. The molecule has 10 heavy (non-hydrogen) atoms. The van der Waals surface area contributed by atoms with E-state index in [0.29, 0.717) is 0 Å². The van der Waals surface area contributed by atoms with E-state index >= 15 is 0 Å². The Morgan fingerprint density at radius 2 is 1.80 bits per heavy atom. The van der Waals surface area contributed by atoms with Crippen LogP contribution in [0.2, 0.25) is 0 Å². The molecule has 0 radical (unpaired) electrons. The summed E-state index contributed by atoms with van der Waals surface area (Å²) in [5, 5.41) is 0. The molecule has 0 amide bonds. The molecule has 3 heteroatoms. The monoisotopic (exact) mass is 152 g/mol. The highest BCUT2D eigenvalue weighted by atomic mass is 31.0. The molecule has 0 aliphatic carbocycles. The van der Waals surface area contributed by atoms with Gasteiger partial charge in [-0.15, -0.1) is 0 Å². The van der Waals surface area contributed by atoms with Crippen LogP contribution in [0.1, 0.15) is 5.56 Å². The van der Waals surface area contributed by atoms with Gasteiger partial charge in [0.15, 0.2) is 0 Å². The minimum atomic E-state index is 0. The van der Waals surface area contributed by atoms with Crippen molar-refractivity contribution in [3.05, 3.63) is 41.4 Å². The second-order valence-corrected chi connectivity index (χ2v) is 1.66. The van der Waals surface area contributed by atoms with Crippen molar-refractivity contribution in [3.63, 3.8) is 0 Å². The van der Waals surface area contributed by atoms with Gasteiger partial charge in [0.1, 0.15) is 0 Å². The largest absolute Gasteiger partial charge is 0.361 e. The highest BCUT2D eigenvalue weighted by Gasteiger charge is 1.84. The first-order chi connectivity index (χ1) is 4.43. The molecular weight excluding hydrogens is 143 g/mol. The molecule has 0 heterocycles. The smallest absolute Gasteiger partial charge is 0.287 e. The van der Waals surface area contributed by atoms with Gasteiger partial charge in [-0.1, -0.05) is 18.2 Å². The van der Waals surface area contributed by atoms with Crippen LogP contribution in [0.5, 0.6) is 0 Å². The molecule has 0 aliphatic rings. The SMILES string of the molecule is P.[N-]=[N+]=Cc1ccccc1. The summed E-state index contributed by atoms with van der Waals surface area (Å²) >= 11 is 0. The van der Waals surface area contributed by atoms with Gasteiger partial charge in [0, 0.05) is 0 Å². The molecule has 1 aromatic carbocycles. The van der Waals surface area contributed by atoms with E-state index in [9.17, 15) is 0 Å². The van der Waals surface area contributed by atoms with Crippen LogP contribution in [0.3, 0.4) is 0 Å². The molecule has 0 N–H and O–H groups in total. The molecule has 0 saturated carbocycles. The van der Waals surface area contributed by atoms with Crippen molar-refractivity contribution in [3.8, 4) is 0 Å². The average molecular weight is 152 g/mol. The average Bonchev–Trinajstić information content (AvgIpc) is 1.91. The van der Waals surface area contributed by atoms with E-state index in [1.165, 1.54) is 6.21 Å². The summed E-state index contributed by atoms with van der Waals surface area (Å²) in [6.45, 7) is 0. The fraction of sp³-hybridized carbons (Fsp3) is 0. The Bertz CT molecular complexity index is 227. The number of benzene rings is 1. The van der Waals surface area contributed by atoms with Gasteiger partial charge in [0.05, 0.1) is 5.56 Å². The Morgan fingerprint density at radius 1 is 1.20 bits per heavy atom. The van der Waals surface area contributed by atoms with Crippen LogP contribution in [0.25, 0.3) is 5.53 Å². The summed E-state index contributed by atoms with van der Waals surface area (Å²) in [4.78, 5) is 2.88. The van der Waals surface area contributed by atoms with Crippen LogP contribution in [-0.4, -0.2) is 11.0 Å². The minimum Gasteiger partial charge on any atom is -0.361 e. The third-order valence-corrected chi connectivity index (χ3v) is 1.01. The Morgan fingerprint density at radius 3 is 2.30 bits per heavy atom. The fourth-order valence-electron chi connectivity index (χ4n) is 0.606. The van der Waals surface area contributed by atoms with Crippen LogP contribution in [-0.2, 0) is 0 Å². The van der Waals surface area contributed by atoms with Gasteiger partial charge in [0.2, 0.25) is 0 Å². The van der Waals surface area contributed by atoms with Gasteiger partial charge >= 0.3 is 0 Å². The van der Waals surface area contributed by atoms with Crippen molar-refractivity contribution in [1.82, 2.24) is 0 Å². The van der Waals surface area contributed by atoms with Gasteiger partial charge in [0.25, 0.3) is 6.21 Å². The molecule has 1 rings (SSSR count). The summed E-state index contributed by atoms with van der Waals surface area (Å²) < 4.78 is 0. The lowest BCUT2D eigenvalue weighted by molar-refractivity contribution is 0.00456. The van der Waals surface area contributed by atoms with Crippen molar-refractivity contribution in [2.24, 2.45) is 0 Å².